The SMILES string of the molecule is CC/C=C\C/C=C\C/C=C\C/C=C\C/C=C\C/C=C\C/C=C\C/C=C\CCCCCCCCC(=O)OCC(COC(=O)CCCCCCCCCCC)OC(=O)CCCCCCCCCCCCCCCCCCC. The molecule has 0 aromatic carbocycles. The van der Waals surface area contributed by atoms with Gasteiger partial charge in [-0.15, -0.1) is 0 Å². The summed E-state index contributed by atoms with van der Waals surface area (Å²) in [6, 6.07) is 0. The van der Waals surface area contributed by atoms with Crippen LogP contribution in [0.2, 0.25) is 0 Å². The zero-order valence-electron chi connectivity index (χ0n) is 49.3. The molecule has 0 radical (unpaired) electrons. The topological polar surface area (TPSA) is 78.9 Å². The van der Waals surface area contributed by atoms with Gasteiger partial charge in [-0.05, 0) is 83.5 Å². The van der Waals surface area contributed by atoms with E-state index in [1.165, 1.54) is 141 Å². The van der Waals surface area contributed by atoms with Gasteiger partial charge in [0.2, 0.25) is 0 Å². The molecular formula is C69H118O6. The maximum absolute atomic E-state index is 12.9. The van der Waals surface area contributed by atoms with E-state index in [9.17, 15) is 14.4 Å². The Morgan fingerprint density at radius 2 is 0.520 bits per heavy atom. The summed E-state index contributed by atoms with van der Waals surface area (Å²) in [5.74, 6) is -0.885. The molecule has 0 N–H and O–H groups in total. The fourth-order valence-corrected chi connectivity index (χ4v) is 8.87. The molecule has 75 heavy (non-hydrogen) atoms. The molecule has 0 saturated heterocycles. The van der Waals surface area contributed by atoms with E-state index in [1.54, 1.807) is 0 Å². The molecule has 1 unspecified atom stereocenters. The summed E-state index contributed by atoms with van der Waals surface area (Å²) < 4.78 is 16.9. The Labute approximate surface area is 464 Å². The van der Waals surface area contributed by atoms with E-state index in [-0.39, 0.29) is 31.1 Å². The van der Waals surface area contributed by atoms with E-state index in [4.69, 9.17) is 14.2 Å². The fraction of sp³-hybridized carbons (Fsp3) is 0.725. The molecule has 0 aliphatic rings. The monoisotopic (exact) mass is 1040 g/mol. The van der Waals surface area contributed by atoms with Gasteiger partial charge in [0.05, 0.1) is 0 Å². The predicted octanol–water partition coefficient (Wildman–Crippen LogP) is 21.7. The van der Waals surface area contributed by atoms with Crippen LogP contribution < -0.4 is 0 Å². The van der Waals surface area contributed by atoms with Gasteiger partial charge in [-0.3, -0.25) is 14.4 Å². The minimum Gasteiger partial charge on any atom is -0.462 e. The van der Waals surface area contributed by atoms with Gasteiger partial charge in [0.15, 0.2) is 6.10 Å². The van der Waals surface area contributed by atoms with E-state index in [0.29, 0.717) is 19.3 Å². The summed E-state index contributed by atoms with van der Waals surface area (Å²) in [6.45, 7) is 6.52. The molecule has 1 atom stereocenters. The van der Waals surface area contributed by atoms with Gasteiger partial charge in [-0.25, -0.2) is 0 Å². The number of allylic oxidation sites excluding steroid dienone is 16. The second kappa shape index (κ2) is 62.9. The zero-order chi connectivity index (χ0) is 54.3. The first-order chi connectivity index (χ1) is 37.0. The minimum absolute atomic E-state index is 0.0781. The lowest BCUT2D eigenvalue weighted by Gasteiger charge is -2.18. The molecule has 0 heterocycles. The van der Waals surface area contributed by atoms with Crippen molar-refractivity contribution in [1.29, 1.82) is 0 Å². The first kappa shape index (κ1) is 71.3. The Morgan fingerprint density at radius 3 is 0.813 bits per heavy atom. The fourth-order valence-electron chi connectivity index (χ4n) is 8.87. The minimum atomic E-state index is -0.780. The van der Waals surface area contributed by atoms with E-state index in [2.05, 4.69) is 118 Å². The number of hydrogen-bond donors (Lipinski definition) is 0. The average molecular weight is 1040 g/mol. The van der Waals surface area contributed by atoms with Crippen LogP contribution in [-0.4, -0.2) is 37.2 Å². The lowest BCUT2D eigenvalue weighted by molar-refractivity contribution is -0.167. The Hall–Kier alpha value is -3.67. The van der Waals surface area contributed by atoms with Crippen LogP contribution in [0, 0.1) is 0 Å². The molecule has 0 saturated carbocycles. The third kappa shape index (κ3) is 61.1. The standard InChI is InChI=1S/C69H118O6/c1-4-7-10-13-16-19-21-23-25-27-28-29-30-31-32-33-34-35-36-37-38-39-40-42-43-45-47-50-53-56-59-62-68(71)74-65-66(64-73-67(70)61-58-55-52-49-18-15-12-9-6-3)75-69(72)63-60-57-54-51-48-46-44-41-26-24-22-20-17-14-11-8-5-2/h7,10,16,19,23,25,28-29,31-32,34-35,37-38,40,42,66H,4-6,8-9,11-15,17-18,20-22,24,26-27,30,33,36,39,41,43-65H2,1-3H3/b10-7-,19-16-,25-23-,29-28-,32-31-,35-34-,38-37-,42-40-. The third-order valence-corrected chi connectivity index (χ3v) is 13.6. The quantitative estimate of drug-likeness (QED) is 0.0261. The van der Waals surface area contributed by atoms with Crippen LogP contribution in [0.25, 0.3) is 0 Å². The van der Waals surface area contributed by atoms with Crippen molar-refractivity contribution in [2.75, 3.05) is 13.2 Å². The maximum Gasteiger partial charge on any atom is 0.306 e. The van der Waals surface area contributed by atoms with Gasteiger partial charge in [-0.2, -0.15) is 0 Å². The number of esters is 3. The van der Waals surface area contributed by atoms with Crippen LogP contribution in [0.3, 0.4) is 0 Å². The van der Waals surface area contributed by atoms with Crippen molar-refractivity contribution in [3.8, 4) is 0 Å². The first-order valence-electron chi connectivity index (χ1n) is 31.7. The molecule has 0 fully saturated rings. The number of carbonyl (C=O) groups excluding carboxylic acids is 3. The number of carbonyl (C=O) groups is 3. The second-order valence-electron chi connectivity index (χ2n) is 21.0. The molecule has 0 rings (SSSR count). The first-order valence-corrected chi connectivity index (χ1v) is 31.7. The van der Waals surface area contributed by atoms with E-state index < -0.39 is 6.10 Å². The number of unbranched alkanes of at least 4 members (excludes halogenated alkanes) is 30. The molecule has 6 nitrogen and oxygen atoms in total. The smallest absolute Gasteiger partial charge is 0.306 e. The highest BCUT2D eigenvalue weighted by Crippen LogP contribution is 2.16. The lowest BCUT2D eigenvalue weighted by Crippen LogP contribution is -2.30. The van der Waals surface area contributed by atoms with Crippen LogP contribution in [0.4, 0.5) is 0 Å². The maximum atomic E-state index is 12.9. The van der Waals surface area contributed by atoms with E-state index >= 15 is 0 Å². The molecular weight excluding hydrogens is 925 g/mol. The lowest BCUT2D eigenvalue weighted by atomic mass is 10.0. The highest BCUT2D eigenvalue weighted by atomic mass is 16.6. The molecule has 6 heteroatoms. The molecule has 0 aromatic heterocycles. The summed E-state index contributed by atoms with van der Waals surface area (Å²) in [5.41, 5.74) is 0. The van der Waals surface area contributed by atoms with Crippen molar-refractivity contribution in [3.05, 3.63) is 97.2 Å². The van der Waals surface area contributed by atoms with Crippen molar-refractivity contribution in [3.63, 3.8) is 0 Å². The van der Waals surface area contributed by atoms with Gasteiger partial charge < -0.3 is 14.2 Å². The molecule has 0 aromatic rings. The summed E-state index contributed by atoms with van der Waals surface area (Å²) in [7, 11) is 0. The van der Waals surface area contributed by atoms with Gasteiger partial charge in [-0.1, -0.05) is 298 Å². The molecule has 0 amide bonds. The van der Waals surface area contributed by atoms with Crippen molar-refractivity contribution in [2.45, 2.75) is 309 Å². The predicted molar refractivity (Wildman–Crippen MR) is 325 cm³/mol. The Balaban J connectivity index is 4.23. The van der Waals surface area contributed by atoms with Crippen LogP contribution in [0.15, 0.2) is 97.2 Å². The van der Waals surface area contributed by atoms with Gasteiger partial charge in [0, 0.05) is 19.3 Å². The van der Waals surface area contributed by atoms with Crippen molar-refractivity contribution < 1.29 is 28.6 Å². The van der Waals surface area contributed by atoms with Crippen LogP contribution >= 0.6 is 0 Å². The highest BCUT2D eigenvalue weighted by Gasteiger charge is 2.19. The summed E-state index contributed by atoms with van der Waals surface area (Å²) in [5, 5.41) is 0. The normalized spacial score (nSPS) is 12.7. The number of ether oxygens (including phenoxy) is 3. The van der Waals surface area contributed by atoms with Crippen LogP contribution in [0.1, 0.15) is 303 Å². The zero-order valence-corrected chi connectivity index (χ0v) is 49.3. The van der Waals surface area contributed by atoms with Gasteiger partial charge >= 0.3 is 17.9 Å². The summed E-state index contributed by atoms with van der Waals surface area (Å²) in [4.78, 5) is 38.1. The van der Waals surface area contributed by atoms with Crippen LogP contribution in [-0.2, 0) is 28.6 Å². The highest BCUT2D eigenvalue weighted by molar-refractivity contribution is 5.71. The molecule has 0 aliphatic carbocycles. The Morgan fingerprint density at radius 1 is 0.280 bits per heavy atom. The average Bonchev–Trinajstić information content (AvgIpc) is 3.41. The molecule has 430 valence electrons. The van der Waals surface area contributed by atoms with E-state index in [1.807, 2.05) is 0 Å². The molecule has 0 spiro atoms. The third-order valence-electron chi connectivity index (χ3n) is 13.6. The van der Waals surface area contributed by atoms with Crippen molar-refractivity contribution in [1.82, 2.24) is 0 Å². The molecule has 0 aliphatic heterocycles. The Kier molecular flexibility index (Phi) is 59.8. The second-order valence-corrected chi connectivity index (χ2v) is 21.0. The van der Waals surface area contributed by atoms with Crippen LogP contribution in [0.5, 0.6) is 0 Å². The van der Waals surface area contributed by atoms with Crippen molar-refractivity contribution >= 4 is 17.9 Å². The number of hydrogen-bond acceptors (Lipinski definition) is 6. The summed E-state index contributed by atoms with van der Waals surface area (Å²) in [6.07, 6.45) is 84.2. The van der Waals surface area contributed by atoms with Gasteiger partial charge in [0.1, 0.15) is 13.2 Å². The number of rotatable bonds is 57. The van der Waals surface area contributed by atoms with Crippen molar-refractivity contribution in [2.24, 2.45) is 0 Å². The van der Waals surface area contributed by atoms with E-state index in [0.717, 1.165) is 122 Å². The summed E-state index contributed by atoms with van der Waals surface area (Å²) >= 11 is 0. The Bertz CT molecular complexity index is 1480. The largest absolute Gasteiger partial charge is 0.462 e. The molecule has 0 bridgehead atoms. The van der Waals surface area contributed by atoms with Gasteiger partial charge in [0.25, 0.3) is 0 Å².